The predicted molar refractivity (Wildman–Crippen MR) is 32.6 cm³/mol. The summed E-state index contributed by atoms with van der Waals surface area (Å²) < 4.78 is 9.73. The Kier molecular flexibility index (Phi) is 1.62. The standard InChI is InChI=1S/C6H10O5/c7-1-2-3(8)4-5(11-4)6(9)10-2/h2-9H,1H2/t2-,3-,4-,5+,6+/m1/s1. The zero-order chi connectivity index (χ0) is 8.01. The molecule has 5 heteroatoms. The Morgan fingerprint density at radius 3 is 2.45 bits per heavy atom. The summed E-state index contributed by atoms with van der Waals surface area (Å²) in [6.45, 7) is -0.301. The molecule has 0 aromatic rings. The summed E-state index contributed by atoms with van der Waals surface area (Å²) in [4.78, 5) is 0. The van der Waals surface area contributed by atoms with Gasteiger partial charge in [-0.1, -0.05) is 0 Å². The highest BCUT2D eigenvalue weighted by Crippen LogP contribution is 2.36. The number of epoxide rings is 1. The molecule has 0 unspecified atom stereocenters. The maximum absolute atomic E-state index is 9.28. The van der Waals surface area contributed by atoms with Gasteiger partial charge in [-0.3, -0.25) is 0 Å². The fourth-order valence-corrected chi connectivity index (χ4v) is 1.34. The van der Waals surface area contributed by atoms with E-state index in [1.54, 1.807) is 0 Å². The van der Waals surface area contributed by atoms with Gasteiger partial charge in [0.2, 0.25) is 0 Å². The summed E-state index contributed by atoms with van der Waals surface area (Å²) in [5, 5.41) is 27.0. The Morgan fingerprint density at radius 1 is 1.09 bits per heavy atom. The van der Waals surface area contributed by atoms with Crippen LogP contribution in [-0.4, -0.2) is 52.6 Å². The van der Waals surface area contributed by atoms with Crippen LogP contribution in [0.4, 0.5) is 0 Å². The molecule has 0 aromatic carbocycles. The number of hydrogen-bond acceptors (Lipinski definition) is 5. The molecule has 0 aliphatic carbocycles. The lowest BCUT2D eigenvalue weighted by atomic mass is 10.1. The van der Waals surface area contributed by atoms with E-state index in [0.29, 0.717) is 0 Å². The van der Waals surface area contributed by atoms with Crippen molar-refractivity contribution in [2.24, 2.45) is 0 Å². The molecule has 2 fully saturated rings. The summed E-state index contributed by atoms with van der Waals surface area (Å²) in [5.41, 5.74) is 0. The summed E-state index contributed by atoms with van der Waals surface area (Å²) in [6.07, 6.45) is -3.27. The van der Waals surface area contributed by atoms with Crippen LogP contribution in [0.15, 0.2) is 0 Å². The first-order valence-electron chi connectivity index (χ1n) is 3.52. The van der Waals surface area contributed by atoms with Gasteiger partial charge in [-0.15, -0.1) is 0 Å². The van der Waals surface area contributed by atoms with Crippen LogP contribution in [0.25, 0.3) is 0 Å². The molecule has 5 nitrogen and oxygen atoms in total. The van der Waals surface area contributed by atoms with Gasteiger partial charge in [0, 0.05) is 0 Å². The van der Waals surface area contributed by atoms with Crippen molar-refractivity contribution < 1.29 is 24.8 Å². The Labute approximate surface area is 63.2 Å². The third kappa shape index (κ3) is 1.05. The first-order chi connectivity index (χ1) is 5.24. The molecule has 2 saturated heterocycles. The number of hydrogen-bond donors (Lipinski definition) is 3. The quantitative estimate of drug-likeness (QED) is 0.382. The van der Waals surface area contributed by atoms with Crippen LogP contribution in [-0.2, 0) is 9.47 Å². The van der Waals surface area contributed by atoms with Crippen LogP contribution in [0.5, 0.6) is 0 Å². The predicted octanol–water partition coefficient (Wildman–Crippen LogP) is -2.18. The second-order valence-electron chi connectivity index (χ2n) is 2.80. The maximum Gasteiger partial charge on any atom is 0.184 e. The van der Waals surface area contributed by atoms with Crippen molar-refractivity contribution in [2.75, 3.05) is 6.61 Å². The van der Waals surface area contributed by atoms with E-state index in [9.17, 15) is 5.11 Å². The first kappa shape index (κ1) is 7.45. The van der Waals surface area contributed by atoms with E-state index in [1.807, 2.05) is 0 Å². The van der Waals surface area contributed by atoms with Crippen LogP contribution >= 0.6 is 0 Å². The smallest absolute Gasteiger partial charge is 0.184 e. The molecule has 2 rings (SSSR count). The third-order valence-corrected chi connectivity index (χ3v) is 2.05. The van der Waals surface area contributed by atoms with E-state index in [4.69, 9.17) is 19.7 Å². The minimum atomic E-state index is -0.999. The van der Waals surface area contributed by atoms with Gasteiger partial charge in [0.25, 0.3) is 0 Å². The first-order valence-corrected chi connectivity index (χ1v) is 3.52. The second kappa shape index (κ2) is 2.40. The number of ether oxygens (including phenoxy) is 2. The molecule has 2 aliphatic rings. The average Bonchev–Trinajstić information content (AvgIpc) is 2.75. The highest BCUT2D eigenvalue weighted by atomic mass is 16.7. The molecule has 0 spiro atoms. The summed E-state index contributed by atoms with van der Waals surface area (Å²) in [5.74, 6) is 0. The van der Waals surface area contributed by atoms with Crippen molar-refractivity contribution in [3.05, 3.63) is 0 Å². The lowest BCUT2D eigenvalue weighted by molar-refractivity contribution is -0.194. The minimum absolute atomic E-state index is 0.301. The zero-order valence-corrected chi connectivity index (χ0v) is 5.75. The van der Waals surface area contributed by atoms with Crippen LogP contribution in [0.3, 0.4) is 0 Å². The fraction of sp³-hybridized carbons (Fsp3) is 1.00. The molecule has 11 heavy (non-hydrogen) atoms. The Morgan fingerprint density at radius 2 is 1.82 bits per heavy atom. The molecule has 0 saturated carbocycles. The van der Waals surface area contributed by atoms with Crippen LogP contribution in [0, 0.1) is 0 Å². The lowest BCUT2D eigenvalue weighted by Crippen LogP contribution is -2.46. The van der Waals surface area contributed by atoms with Crippen molar-refractivity contribution in [1.82, 2.24) is 0 Å². The van der Waals surface area contributed by atoms with E-state index >= 15 is 0 Å². The SMILES string of the molecule is OC[C@H]1O[C@H](O)[C@H]2O[C@@H]2[C@@H]1O. The van der Waals surface area contributed by atoms with Gasteiger partial charge in [0.1, 0.15) is 24.4 Å². The van der Waals surface area contributed by atoms with Gasteiger partial charge >= 0.3 is 0 Å². The van der Waals surface area contributed by atoms with E-state index < -0.39 is 24.6 Å². The summed E-state index contributed by atoms with van der Waals surface area (Å²) in [7, 11) is 0. The fourth-order valence-electron chi connectivity index (χ4n) is 1.34. The maximum atomic E-state index is 9.28. The van der Waals surface area contributed by atoms with Gasteiger partial charge in [-0.25, -0.2) is 0 Å². The molecule has 2 aliphatic heterocycles. The Balaban J connectivity index is 2.02. The Bertz CT molecular complexity index is 161. The van der Waals surface area contributed by atoms with E-state index in [-0.39, 0.29) is 12.7 Å². The number of aliphatic hydroxyl groups excluding tert-OH is 3. The topological polar surface area (TPSA) is 82.5 Å². The molecule has 0 bridgehead atoms. The van der Waals surface area contributed by atoms with Crippen molar-refractivity contribution in [1.29, 1.82) is 0 Å². The average molecular weight is 162 g/mol. The van der Waals surface area contributed by atoms with Crippen molar-refractivity contribution >= 4 is 0 Å². The van der Waals surface area contributed by atoms with Gasteiger partial charge < -0.3 is 24.8 Å². The molecule has 3 N–H and O–H groups in total. The zero-order valence-electron chi connectivity index (χ0n) is 5.75. The summed E-state index contributed by atoms with van der Waals surface area (Å²) >= 11 is 0. The van der Waals surface area contributed by atoms with E-state index in [0.717, 1.165) is 0 Å². The lowest BCUT2D eigenvalue weighted by Gasteiger charge is -2.26. The van der Waals surface area contributed by atoms with Crippen LogP contribution in [0.1, 0.15) is 0 Å². The van der Waals surface area contributed by atoms with Gasteiger partial charge in [-0.2, -0.15) is 0 Å². The minimum Gasteiger partial charge on any atom is -0.394 e. The van der Waals surface area contributed by atoms with Crippen molar-refractivity contribution in [2.45, 2.75) is 30.7 Å². The van der Waals surface area contributed by atoms with Crippen LogP contribution < -0.4 is 0 Å². The number of aliphatic hydroxyl groups is 3. The van der Waals surface area contributed by atoms with Crippen molar-refractivity contribution in [3.63, 3.8) is 0 Å². The molecule has 0 amide bonds. The van der Waals surface area contributed by atoms with Gasteiger partial charge in [0.15, 0.2) is 6.29 Å². The normalized spacial score (nSPS) is 55.4. The van der Waals surface area contributed by atoms with Crippen LogP contribution in [0.2, 0.25) is 0 Å². The number of rotatable bonds is 1. The summed E-state index contributed by atoms with van der Waals surface area (Å²) in [6, 6.07) is 0. The molecule has 5 atom stereocenters. The van der Waals surface area contributed by atoms with Gasteiger partial charge in [-0.05, 0) is 0 Å². The second-order valence-corrected chi connectivity index (χ2v) is 2.80. The largest absolute Gasteiger partial charge is 0.394 e. The number of fused-ring (bicyclic) bond motifs is 1. The monoisotopic (exact) mass is 162 g/mol. The van der Waals surface area contributed by atoms with Gasteiger partial charge in [0.05, 0.1) is 6.61 Å². The van der Waals surface area contributed by atoms with E-state index in [2.05, 4.69) is 0 Å². The molecule has 64 valence electrons. The Hall–Kier alpha value is -0.200. The molecular weight excluding hydrogens is 152 g/mol. The third-order valence-electron chi connectivity index (χ3n) is 2.05. The highest BCUT2D eigenvalue weighted by Gasteiger charge is 2.56. The highest BCUT2D eigenvalue weighted by molar-refractivity contribution is 4.99. The molecule has 0 aromatic heterocycles. The molecule has 0 radical (unpaired) electrons. The molecule has 2 heterocycles. The van der Waals surface area contributed by atoms with E-state index in [1.165, 1.54) is 0 Å². The molecular formula is C6H10O5. The van der Waals surface area contributed by atoms with Crippen molar-refractivity contribution in [3.8, 4) is 0 Å².